The molecule has 3 heterocycles. The Morgan fingerprint density at radius 2 is 1.82 bits per heavy atom. The molecule has 0 aliphatic carbocycles. The van der Waals surface area contributed by atoms with E-state index in [-0.39, 0.29) is 19.2 Å². The van der Waals surface area contributed by atoms with Crippen molar-refractivity contribution >= 4 is 23.1 Å². The highest BCUT2D eigenvalue weighted by molar-refractivity contribution is 7.17. The fourth-order valence-corrected chi connectivity index (χ4v) is 4.25. The minimum Gasteiger partial charge on any atom is -0.488 e. The molecule has 0 amide bonds. The minimum atomic E-state index is -0.522. The number of fused-ring (bicyclic) bond motifs is 4. The minimum absolute atomic E-state index is 0.137. The molecule has 2 aliphatic rings. The van der Waals surface area contributed by atoms with Crippen LogP contribution < -0.4 is 14.2 Å². The third-order valence-electron chi connectivity index (χ3n) is 4.55. The van der Waals surface area contributed by atoms with E-state index in [2.05, 4.69) is 0 Å². The SMILES string of the molecule is O=C(COC(=O)c1cc2c(s1)-c1ccccc1OC2)c1ccc2c(c1)OCO2. The molecule has 3 aromatic rings. The summed E-state index contributed by atoms with van der Waals surface area (Å²) in [7, 11) is 0. The number of carbonyl (C=O) groups is 2. The van der Waals surface area contributed by atoms with Crippen LogP contribution in [0, 0.1) is 0 Å². The molecule has 0 saturated heterocycles. The molecule has 2 aromatic carbocycles. The van der Waals surface area contributed by atoms with Gasteiger partial charge in [0.25, 0.3) is 0 Å². The van der Waals surface area contributed by atoms with Crippen LogP contribution in [0.1, 0.15) is 25.6 Å². The number of hydrogen-bond donors (Lipinski definition) is 0. The van der Waals surface area contributed by atoms with Crippen LogP contribution in [0.4, 0.5) is 0 Å². The second-order valence-electron chi connectivity index (χ2n) is 6.32. The van der Waals surface area contributed by atoms with Crippen LogP contribution in [0.3, 0.4) is 0 Å². The van der Waals surface area contributed by atoms with Gasteiger partial charge in [0.1, 0.15) is 17.2 Å². The number of esters is 1. The van der Waals surface area contributed by atoms with Crippen LogP contribution in [0.15, 0.2) is 48.5 Å². The van der Waals surface area contributed by atoms with Gasteiger partial charge in [-0.25, -0.2) is 4.79 Å². The van der Waals surface area contributed by atoms with Gasteiger partial charge < -0.3 is 18.9 Å². The molecule has 28 heavy (non-hydrogen) atoms. The number of benzene rings is 2. The van der Waals surface area contributed by atoms with E-state index < -0.39 is 5.97 Å². The van der Waals surface area contributed by atoms with E-state index in [1.807, 2.05) is 24.3 Å². The average Bonchev–Trinajstić information content (AvgIpc) is 3.38. The van der Waals surface area contributed by atoms with Crippen molar-refractivity contribution in [3.63, 3.8) is 0 Å². The van der Waals surface area contributed by atoms with E-state index in [1.54, 1.807) is 24.3 Å². The van der Waals surface area contributed by atoms with Crippen molar-refractivity contribution in [1.82, 2.24) is 0 Å². The molecule has 0 bridgehead atoms. The Morgan fingerprint density at radius 1 is 0.964 bits per heavy atom. The van der Waals surface area contributed by atoms with Crippen molar-refractivity contribution in [2.75, 3.05) is 13.4 Å². The standard InChI is InChI=1S/C21H14O6S/c22-15(12-5-6-17-18(7-12)27-11-26-17)10-25-21(23)19-8-13-9-24-16-4-2-1-3-14(16)20(13)28-19/h1-8H,9-11H2. The predicted octanol–water partition coefficient (Wildman–Crippen LogP) is 4.08. The first-order valence-electron chi connectivity index (χ1n) is 8.64. The molecule has 5 rings (SSSR count). The van der Waals surface area contributed by atoms with Crippen molar-refractivity contribution in [3.8, 4) is 27.7 Å². The summed E-state index contributed by atoms with van der Waals surface area (Å²) in [5, 5.41) is 0. The predicted molar refractivity (Wildman–Crippen MR) is 101 cm³/mol. The van der Waals surface area contributed by atoms with Crippen LogP contribution >= 0.6 is 11.3 Å². The normalized spacial score (nSPS) is 13.3. The van der Waals surface area contributed by atoms with E-state index in [9.17, 15) is 9.59 Å². The van der Waals surface area contributed by atoms with E-state index >= 15 is 0 Å². The lowest BCUT2D eigenvalue weighted by Crippen LogP contribution is -2.13. The van der Waals surface area contributed by atoms with Gasteiger partial charge >= 0.3 is 5.97 Å². The molecule has 0 radical (unpaired) electrons. The van der Waals surface area contributed by atoms with E-state index in [0.717, 1.165) is 21.8 Å². The topological polar surface area (TPSA) is 71.1 Å². The van der Waals surface area contributed by atoms with Crippen LogP contribution in [0.25, 0.3) is 10.4 Å². The number of Topliss-reactive ketones (excluding diaryl/α,β-unsaturated/α-hetero) is 1. The van der Waals surface area contributed by atoms with Crippen LogP contribution in [-0.4, -0.2) is 25.2 Å². The second kappa shape index (κ2) is 6.69. The molecule has 1 aromatic heterocycles. The Hall–Kier alpha value is -3.32. The smallest absolute Gasteiger partial charge is 0.348 e. The first kappa shape index (κ1) is 16.8. The Kier molecular flexibility index (Phi) is 4.02. The van der Waals surface area contributed by atoms with Gasteiger partial charge in [-0.3, -0.25) is 4.79 Å². The first-order valence-corrected chi connectivity index (χ1v) is 9.45. The summed E-state index contributed by atoms with van der Waals surface area (Å²) in [5.41, 5.74) is 2.31. The number of rotatable bonds is 4. The summed E-state index contributed by atoms with van der Waals surface area (Å²) in [6, 6.07) is 14.4. The lowest BCUT2D eigenvalue weighted by Gasteiger charge is -2.16. The Labute approximate surface area is 164 Å². The summed E-state index contributed by atoms with van der Waals surface area (Å²) in [5.74, 6) is 1.09. The fourth-order valence-electron chi connectivity index (χ4n) is 3.16. The zero-order valence-electron chi connectivity index (χ0n) is 14.6. The van der Waals surface area contributed by atoms with Gasteiger partial charge in [-0.15, -0.1) is 11.3 Å². The van der Waals surface area contributed by atoms with E-state index in [1.165, 1.54) is 11.3 Å². The maximum absolute atomic E-state index is 12.4. The molecule has 0 spiro atoms. The number of ketones is 1. The molecule has 0 atom stereocenters. The molecule has 140 valence electrons. The summed E-state index contributed by atoms with van der Waals surface area (Å²) in [6.07, 6.45) is 0. The molecule has 0 unspecified atom stereocenters. The molecule has 0 fully saturated rings. The number of thiophene rings is 1. The maximum Gasteiger partial charge on any atom is 0.348 e. The number of ether oxygens (including phenoxy) is 4. The van der Waals surface area contributed by atoms with Crippen LogP contribution in [0.2, 0.25) is 0 Å². The zero-order chi connectivity index (χ0) is 19.1. The Morgan fingerprint density at radius 3 is 2.75 bits per heavy atom. The van der Waals surface area contributed by atoms with Crippen molar-refractivity contribution < 1.29 is 28.5 Å². The molecular weight excluding hydrogens is 380 g/mol. The van der Waals surface area contributed by atoms with E-state index in [0.29, 0.717) is 28.5 Å². The highest BCUT2D eigenvalue weighted by Crippen LogP contribution is 2.42. The van der Waals surface area contributed by atoms with Crippen LogP contribution in [0.5, 0.6) is 17.2 Å². The van der Waals surface area contributed by atoms with Gasteiger partial charge in [0.05, 0.1) is 0 Å². The second-order valence-corrected chi connectivity index (χ2v) is 7.37. The largest absolute Gasteiger partial charge is 0.488 e. The highest BCUT2D eigenvalue weighted by atomic mass is 32.1. The summed E-state index contributed by atoms with van der Waals surface area (Å²) in [6.45, 7) is 0.207. The Balaban J connectivity index is 1.29. The van der Waals surface area contributed by atoms with Crippen LogP contribution in [-0.2, 0) is 11.3 Å². The van der Waals surface area contributed by atoms with Crippen molar-refractivity contribution in [3.05, 3.63) is 64.5 Å². The number of hydrogen-bond acceptors (Lipinski definition) is 7. The summed E-state index contributed by atoms with van der Waals surface area (Å²) >= 11 is 1.35. The van der Waals surface area contributed by atoms with Gasteiger partial charge in [0.2, 0.25) is 6.79 Å². The van der Waals surface area contributed by atoms with E-state index in [4.69, 9.17) is 18.9 Å². The lowest BCUT2D eigenvalue weighted by atomic mass is 10.1. The van der Waals surface area contributed by atoms with Gasteiger partial charge in [-0.2, -0.15) is 0 Å². The lowest BCUT2D eigenvalue weighted by molar-refractivity contribution is 0.0479. The Bertz CT molecular complexity index is 1100. The van der Waals surface area contributed by atoms with Gasteiger partial charge in [0, 0.05) is 21.6 Å². The number of para-hydroxylation sites is 1. The van der Waals surface area contributed by atoms with Gasteiger partial charge in [0.15, 0.2) is 23.9 Å². The molecule has 6 nitrogen and oxygen atoms in total. The third-order valence-corrected chi connectivity index (χ3v) is 5.74. The molecule has 2 aliphatic heterocycles. The fraction of sp³-hybridized carbons (Fsp3) is 0.143. The summed E-state index contributed by atoms with van der Waals surface area (Å²) in [4.78, 5) is 26.2. The van der Waals surface area contributed by atoms with Crippen molar-refractivity contribution in [1.29, 1.82) is 0 Å². The molecular formula is C21H14O6S. The number of carbonyl (C=O) groups excluding carboxylic acids is 2. The van der Waals surface area contributed by atoms with Crippen molar-refractivity contribution in [2.24, 2.45) is 0 Å². The zero-order valence-corrected chi connectivity index (χ0v) is 15.4. The average molecular weight is 394 g/mol. The first-order chi connectivity index (χ1) is 13.7. The quantitative estimate of drug-likeness (QED) is 0.491. The van der Waals surface area contributed by atoms with Gasteiger partial charge in [-0.05, 0) is 36.4 Å². The van der Waals surface area contributed by atoms with Gasteiger partial charge in [-0.1, -0.05) is 12.1 Å². The molecule has 7 heteroatoms. The molecule has 0 N–H and O–H groups in total. The highest BCUT2D eigenvalue weighted by Gasteiger charge is 2.24. The molecule has 0 saturated carbocycles. The summed E-state index contributed by atoms with van der Waals surface area (Å²) < 4.78 is 21.4. The van der Waals surface area contributed by atoms with Crippen molar-refractivity contribution in [2.45, 2.75) is 6.61 Å². The monoisotopic (exact) mass is 394 g/mol. The third kappa shape index (κ3) is 2.90. The maximum atomic E-state index is 12.4.